The number of rotatable bonds is 4. The van der Waals surface area contributed by atoms with Gasteiger partial charge in [-0.25, -0.2) is 0 Å². The molecule has 0 atom stereocenters. The third kappa shape index (κ3) is 3.62. The molecule has 0 aliphatic carbocycles. The third-order valence-electron chi connectivity index (χ3n) is 1.84. The highest BCUT2D eigenvalue weighted by Crippen LogP contribution is 2.15. The zero-order chi connectivity index (χ0) is 10.4. The second-order valence-electron chi connectivity index (χ2n) is 3.34. The predicted octanol–water partition coefficient (Wildman–Crippen LogP) is 2.20. The smallest absolute Gasteiger partial charge is 0.120 e. The van der Waals surface area contributed by atoms with E-state index in [0.717, 1.165) is 5.75 Å². The van der Waals surface area contributed by atoms with Crippen LogP contribution in [0.25, 0.3) is 0 Å². The number of aryl methyl sites for hydroxylation is 2. The van der Waals surface area contributed by atoms with Gasteiger partial charge < -0.3 is 10.5 Å². The first-order valence-corrected chi connectivity index (χ1v) is 4.78. The molecule has 0 saturated heterocycles. The van der Waals surface area contributed by atoms with Crippen LogP contribution >= 0.6 is 0 Å². The van der Waals surface area contributed by atoms with Crippen molar-refractivity contribution in [2.24, 2.45) is 5.73 Å². The van der Waals surface area contributed by atoms with Gasteiger partial charge in [-0.05, 0) is 37.1 Å². The molecule has 0 spiro atoms. The monoisotopic (exact) mass is 191 g/mol. The Hall–Kier alpha value is -1.28. The maximum atomic E-state index is 5.53. The van der Waals surface area contributed by atoms with Crippen LogP contribution in [0.3, 0.4) is 0 Å². The summed E-state index contributed by atoms with van der Waals surface area (Å²) in [5.41, 5.74) is 7.76. The molecular formula is C12H17NO. The van der Waals surface area contributed by atoms with E-state index in [1.807, 2.05) is 24.3 Å². The fraction of sp³-hybridized carbons (Fsp3) is 0.333. The van der Waals surface area contributed by atoms with Crippen molar-refractivity contribution in [3.05, 3.63) is 41.5 Å². The Labute approximate surface area is 85.4 Å². The van der Waals surface area contributed by atoms with Gasteiger partial charge in [0.2, 0.25) is 0 Å². The normalized spacial score (nSPS) is 10.8. The van der Waals surface area contributed by atoms with Crippen LogP contribution in [0.2, 0.25) is 0 Å². The van der Waals surface area contributed by atoms with Crippen molar-refractivity contribution in [2.45, 2.75) is 13.8 Å². The van der Waals surface area contributed by atoms with E-state index in [1.165, 1.54) is 11.1 Å². The molecule has 0 aliphatic rings. The topological polar surface area (TPSA) is 35.2 Å². The molecule has 0 aliphatic heterocycles. The van der Waals surface area contributed by atoms with E-state index in [1.54, 1.807) is 0 Å². The van der Waals surface area contributed by atoms with Gasteiger partial charge in [-0.3, -0.25) is 0 Å². The summed E-state index contributed by atoms with van der Waals surface area (Å²) in [6, 6.07) is 6.19. The molecule has 2 nitrogen and oxygen atoms in total. The third-order valence-corrected chi connectivity index (χ3v) is 1.84. The summed E-state index contributed by atoms with van der Waals surface area (Å²) < 4.78 is 5.53. The van der Waals surface area contributed by atoms with Crippen LogP contribution in [0.4, 0.5) is 0 Å². The van der Waals surface area contributed by atoms with Crippen LogP contribution in [0.1, 0.15) is 11.1 Å². The number of benzene rings is 1. The largest absolute Gasteiger partial charge is 0.490 e. The number of hydrogen-bond acceptors (Lipinski definition) is 2. The van der Waals surface area contributed by atoms with Gasteiger partial charge in [0.15, 0.2) is 0 Å². The molecule has 0 saturated carbocycles. The van der Waals surface area contributed by atoms with E-state index in [9.17, 15) is 0 Å². The van der Waals surface area contributed by atoms with E-state index in [2.05, 4.69) is 19.9 Å². The Bertz CT molecular complexity index is 298. The maximum Gasteiger partial charge on any atom is 0.120 e. The van der Waals surface area contributed by atoms with E-state index in [4.69, 9.17) is 10.5 Å². The molecule has 0 aromatic heterocycles. The van der Waals surface area contributed by atoms with Crippen LogP contribution in [-0.2, 0) is 0 Å². The second kappa shape index (κ2) is 5.45. The van der Waals surface area contributed by atoms with E-state index in [0.29, 0.717) is 13.2 Å². The Morgan fingerprint density at radius 3 is 2.36 bits per heavy atom. The minimum Gasteiger partial charge on any atom is -0.490 e. The molecule has 0 radical (unpaired) electrons. The molecular weight excluding hydrogens is 174 g/mol. The molecule has 0 fully saturated rings. The van der Waals surface area contributed by atoms with Crippen LogP contribution in [0.15, 0.2) is 30.4 Å². The molecule has 1 aromatic carbocycles. The molecule has 2 heteroatoms. The van der Waals surface area contributed by atoms with E-state index in [-0.39, 0.29) is 0 Å². The van der Waals surface area contributed by atoms with Gasteiger partial charge >= 0.3 is 0 Å². The van der Waals surface area contributed by atoms with Crippen molar-refractivity contribution in [1.82, 2.24) is 0 Å². The zero-order valence-corrected chi connectivity index (χ0v) is 8.79. The molecule has 0 bridgehead atoms. The van der Waals surface area contributed by atoms with Gasteiger partial charge in [0.25, 0.3) is 0 Å². The van der Waals surface area contributed by atoms with Gasteiger partial charge in [0.05, 0.1) is 0 Å². The van der Waals surface area contributed by atoms with Crippen molar-refractivity contribution in [3.8, 4) is 5.75 Å². The summed E-state index contributed by atoms with van der Waals surface area (Å²) in [6.07, 6.45) is 3.82. The summed E-state index contributed by atoms with van der Waals surface area (Å²) in [4.78, 5) is 0. The van der Waals surface area contributed by atoms with Crippen LogP contribution in [-0.4, -0.2) is 13.2 Å². The van der Waals surface area contributed by atoms with Crippen molar-refractivity contribution in [3.63, 3.8) is 0 Å². The van der Waals surface area contributed by atoms with Crippen molar-refractivity contribution in [1.29, 1.82) is 0 Å². The summed E-state index contributed by atoms with van der Waals surface area (Å²) in [5.74, 6) is 0.921. The minimum absolute atomic E-state index is 0.566. The van der Waals surface area contributed by atoms with Crippen LogP contribution < -0.4 is 10.5 Å². The van der Waals surface area contributed by atoms with Crippen molar-refractivity contribution >= 4 is 0 Å². The first-order valence-electron chi connectivity index (χ1n) is 4.78. The molecule has 1 aromatic rings. The Morgan fingerprint density at radius 1 is 1.14 bits per heavy atom. The summed E-state index contributed by atoms with van der Waals surface area (Å²) >= 11 is 0. The lowest BCUT2D eigenvalue weighted by Gasteiger charge is -2.05. The Balaban J connectivity index is 2.54. The summed E-state index contributed by atoms with van der Waals surface area (Å²) in [5, 5.41) is 0. The minimum atomic E-state index is 0.566. The molecule has 2 N–H and O–H groups in total. The SMILES string of the molecule is Cc1cc(C)cc(OCC=CCN)c1. The molecule has 0 amide bonds. The molecule has 1 rings (SSSR count). The van der Waals surface area contributed by atoms with Crippen LogP contribution in [0.5, 0.6) is 5.75 Å². The van der Waals surface area contributed by atoms with Gasteiger partial charge in [-0.2, -0.15) is 0 Å². The highest BCUT2D eigenvalue weighted by molar-refractivity contribution is 5.33. The van der Waals surface area contributed by atoms with Gasteiger partial charge in [0.1, 0.15) is 12.4 Å². The molecule has 0 heterocycles. The Morgan fingerprint density at radius 2 is 1.79 bits per heavy atom. The highest BCUT2D eigenvalue weighted by atomic mass is 16.5. The first kappa shape index (κ1) is 10.8. The average molecular weight is 191 g/mol. The maximum absolute atomic E-state index is 5.53. The van der Waals surface area contributed by atoms with Crippen molar-refractivity contribution < 1.29 is 4.74 Å². The molecule has 0 unspecified atom stereocenters. The number of nitrogens with two attached hydrogens (primary N) is 1. The summed E-state index contributed by atoms with van der Waals surface area (Å²) in [6.45, 7) is 5.28. The lowest BCUT2D eigenvalue weighted by atomic mass is 10.1. The predicted molar refractivity (Wildman–Crippen MR) is 59.6 cm³/mol. The lowest BCUT2D eigenvalue weighted by molar-refractivity contribution is 0.362. The fourth-order valence-electron chi connectivity index (χ4n) is 1.32. The van der Waals surface area contributed by atoms with Crippen molar-refractivity contribution in [2.75, 3.05) is 13.2 Å². The second-order valence-corrected chi connectivity index (χ2v) is 3.34. The van der Waals surface area contributed by atoms with Gasteiger partial charge in [0, 0.05) is 6.54 Å². The average Bonchev–Trinajstić information content (AvgIpc) is 2.11. The molecule has 76 valence electrons. The standard InChI is InChI=1S/C12H17NO/c1-10-7-11(2)9-12(8-10)14-6-4-3-5-13/h3-4,7-9H,5-6,13H2,1-2H3. The highest BCUT2D eigenvalue weighted by Gasteiger charge is 1.94. The number of hydrogen-bond donors (Lipinski definition) is 1. The lowest BCUT2D eigenvalue weighted by Crippen LogP contribution is -1.97. The zero-order valence-electron chi connectivity index (χ0n) is 8.79. The van der Waals surface area contributed by atoms with Gasteiger partial charge in [-0.15, -0.1) is 0 Å². The van der Waals surface area contributed by atoms with E-state index < -0.39 is 0 Å². The van der Waals surface area contributed by atoms with E-state index >= 15 is 0 Å². The quantitative estimate of drug-likeness (QED) is 0.740. The summed E-state index contributed by atoms with van der Waals surface area (Å²) in [7, 11) is 0. The van der Waals surface area contributed by atoms with Gasteiger partial charge in [-0.1, -0.05) is 18.2 Å². The number of ether oxygens (including phenoxy) is 1. The Kier molecular flexibility index (Phi) is 4.20. The molecule has 14 heavy (non-hydrogen) atoms. The first-order chi connectivity index (χ1) is 6.72. The fourth-order valence-corrected chi connectivity index (χ4v) is 1.32. The van der Waals surface area contributed by atoms with Crippen LogP contribution in [0, 0.1) is 13.8 Å².